The lowest BCUT2D eigenvalue weighted by Gasteiger charge is -2.12. The molecule has 4 nitrogen and oxygen atoms in total. The fourth-order valence-electron chi connectivity index (χ4n) is 2.52. The second-order valence-electron chi connectivity index (χ2n) is 5.13. The molecule has 0 saturated carbocycles. The minimum absolute atomic E-state index is 0.229. The lowest BCUT2D eigenvalue weighted by Crippen LogP contribution is -2.05. The van der Waals surface area contributed by atoms with Gasteiger partial charge in [0.25, 0.3) is 0 Å². The molecule has 21 heavy (non-hydrogen) atoms. The Kier molecular flexibility index (Phi) is 3.88. The summed E-state index contributed by atoms with van der Waals surface area (Å²) in [5.74, 6) is 1.83. The number of hydrogen-bond acceptors (Lipinski definition) is 4. The molecule has 0 radical (unpaired) electrons. The van der Waals surface area contributed by atoms with E-state index in [-0.39, 0.29) is 6.10 Å². The summed E-state index contributed by atoms with van der Waals surface area (Å²) in [7, 11) is 1.69. The summed E-state index contributed by atoms with van der Waals surface area (Å²) in [5, 5.41) is 3.79. The highest BCUT2D eigenvalue weighted by Crippen LogP contribution is 2.35. The zero-order chi connectivity index (χ0) is 14.8. The van der Waals surface area contributed by atoms with Gasteiger partial charge < -0.3 is 14.8 Å². The van der Waals surface area contributed by atoms with Crippen molar-refractivity contribution < 1.29 is 9.47 Å². The number of nitrogens with one attached hydrogen (secondary N) is 1. The predicted molar refractivity (Wildman–Crippen MR) is 83.4 cm³/mol. The number of pyridine rings is 1. The normalized spacial score (nSPS) is 16.2. The van der Waals surface area contributed by atoms with Crippen molar-refractivity contribution in [1.82, 2.24) is 4.98 Å². The van der Waals surface area contributed by atoms with E-state index in [0.717, 1.165) is 29.2 Å². The molecule has 0 fully saturated rings. The van der Waals surface area contributed by atoms with E-state index >= 15 is 0 Å². The molecule has 0 amide bonds. The third-order valence-electron chi connectivity index (χ3n) is 3.51. The van der Waals surface area contributed by atoms with E-state index in [1.165, 1.54) is 5.56 Å². The van der Waals surface area contributed by atoms with Gasteiger partial charge in [0.15, 0.2) is 0 Å². The van der Waals surface area contributed by atoms with Crippen molar-refractivity contribution >= 4 is 17.3 Å². The maximum absolute atomic E-state index is 5.88. The van der Waals surface area contributed by atoms with E-state index in [1.807, 2.05) is 12.1 Å². The lowest BCUT2D eigenvalue weighted by molar-refractivity contribution is 0.254. The van der Waals surface area contributed by atoms with Crippen molar-refractivity contribution in [3.05, 3.63) is 46.7 Å². The standard InChI is InChI=1S/C16H17ClN2O2/c1-10-5-11-6-14(20-2)12(7-15(11)21-10)9-19-13-3-4-18-16(17)8-13/h3-4,6-8,10H,5,9H2,1-2H3,(H,18,19). The molecular formula is C16H17ClN2O2. The summed E-state index contributed by atoms with van der Waals surface area (Å²) in [6.45, 7) is 2.71. The molecule has 1 aromatic heterocycles. The lowest BCUT2D eigenvalue weighted by atomic mass is 10.1. The Hall–Kier alpha value is -1.94. The molecule has 1 unspecified atom stereocenters. The Morgan fingerprint density at radius 1 is 1.43 bits per heavy atom. The minimum atomic E-state index is 0.229. The van der Waals surface area contributed by atoms with E-state index in [9.17, 15) is 0 Å². The molecule has 110 valence electrons. The largest absolute Gasteiger partial charge is 0.496 e. The number of aromatic nitrogens is 1. The average molecular weight is 305 g/mol. The molecule has 2 aromatic rings. The topological polar surface area (TPSA) is 43.4 Å². The van der Waals surface area contributed by atoms with Gasteiger partial charge in [0.05, 0.1) is 7.11 Å². The molecule has 1 aliphatic rings. The molecule has 0 bridgehead atoms. The van der Waals surface area contributed by atoms with E-state index in [1.54, 1.807) is 19.4 Å². The van der Waals surface area contributed by atoms with Crippen molar-refractivity contribution in [2.24, 2.45) is 0 Å². The summed E-state index contributed by atoms with van der Waals surface area (Å²) in [6, 6.07) is 7.78. The number of hydrogen-bond donors (Lipinski definition) is 1. The number of fused-ring (bicyclic) bond motifs is 1. The van der Waals surface area contributed by atoms with Crippen LogP contribution in [0.2, 0.25) is 5.15 Å². The van der Waals surface area contributed by atoms with Crippen LogP contribution >= 0.6 is 11.6 Å². The number of ether oxygens (including phenoxy) is 2. The molecule has 0 aliphatic carbocycles. The first-order valence-electron chi connectivity index (χ1n) is 6.87. The van der Waals surface area contributed by atoms with Crippen LogP contribution in [0.15, 0.2) is 30.5 Å². The van der Waals surface area contributed by atoms with Gasteiger partial charge in [0.2, 0.25) is 0 Å². The van der Waals surface area contributed by atoms with Gasteiger partial charge in [-0.3, -0.25) is 0 Å². The van der Waals surface area contributed by atoms with Gasteiger partial charge in [0, 0.05) is 36.0 Å². The van der Waals surface area contributed by atoms with E-state index in [4.69, 9.17) is 21.1 Å². The number of anilines is 1. The number of halogens is 1. The second kappa shape index (κ2) is 5.82. The van der Waals surface area contributed by atoms with Crippen LogP contribution in [0.5, 0.6) is 11.5 Å². The van der Waals surface area contributed by atoms with E-state index in [2.05, 4.69) is 23.3 Å². The van der Waals surface area contributed by atoms with Crippen molar-refractivity contribution in [2.75, 3.05) is 12.4 Å². The Labute approximate surface area is 129 Å². The Morgan fingerprint density at radius 2 is 2.29 bits per heavy atom. The quantitative estimate of drug-likeness (QED) is 0.875. The van der Waals surface area contributed by atoms with Crippen LogP contribution in [0.25, 0.3) is 0 Å². The number of methoxy groups -OCH3 is 1. The Bertz CT molecular complexity index is 661. The third-order valence-corrected chi connectivity index (χ3v) is 3.72. The highest BCUT2D eigenvalue weighted by atomic mass is 35.5. The Balaban J connectivity index is 1.80. The second-order valence-corrected chi connectivity index (χ2v) is 5.51. The summed E-state index contributed by atoms with van der Waals surface area (Å²) < 4.78 is 11.3. The van der Waals surface area contributed by atoms with Crippen LogP contribution in [0.3, 0.4) is 0 Å². The molecule has 1 aliphatic heterocycles. The maximum atomic E-state index is 5.88. The minimum Gasteiger partial charge on any atom is -0.496 e. The summed E-state index contributed by atoms with van der Waals surface area (Å²) in [6.07, 6.45) is 2.83. The smallest absolute Gasteiger partial charge is 0.131 e. The van der Waals surface area contributed by atoms with E-state index < -0.39 is 0 Å². The number of nitrogens with zero attached hydrogens (tertiary/aromatic N) is 1. The van der Waals surface area contributed by atoms with Crippen LogP contribution in [-0.2, 0) is 13.0 Å². The molecular weight excluding hydrogens is 288 g/mol. The highest BCUT2D eigenvalue weighted by molar-refractivity contribution is 6.29. The molecule has 5 heteroatoms. The summed E-state index contributed by atoms with van der Waals surface area (Å²) in [5.41, 5.74) is 3.18. The van der Waals surface area contributed by atoms with Crippen LogP contribution in [0.1, 0.15) is 18.1 Å². The van der Waals surface area contributed by atoms with Crippen molar-refractivity contribution in [3.8, 4) is 11.5 Å². The first-order chi connectivity index (χ1) is 10.2. The molecule has 0 saturated heterocycles. The van der Waals surface area contributed by atoms with Crippen molar-refractivity contribution in [2.45, 2.75) is 26.0 Å². The van der Waals surface area contributed by atoms with Gasteiger partial charge >= 0.3 is 0 Å². The molecule has 1 aromatic carbocycles. The monoisotopic (exact) mass is 304 g/mol. The average Bonchev–Trinajstić information content (AvgIpc) is 2.83. The van der Waals surface area contributed by atoms with Crippen LogP contribution < -0.4 is 14.8 Å². The predicted octanol–water partition coefficient (Wildman–Crippen LogP) is 3.68. The van der Waals surface area contributed by atoms with Crippen molar-refractivity contribution in [3.63, 3.8) is 0 Å². The Morgan fingerprint density at radius 3 is 3.05 bits per heavy atom. The zero-order valence-electron chi connectivity index (χ0n) is 12.0. The van der Waals surface area contributed by atoms with Crippen LogP contribution in [0, 0.1) is 0 Å². The van der Waals surface area contributed by atoms with Gasteiger partial charge in [-0.2, -0.15) is 0 Å². The van der Waals surface area contributed by atoms with Gasteiger partial charge in [0.1, 0.15) is 22.8 Å². The van der Waals surface area contributed by atoms with Gasteiger partial charge in [-0.15, -0.1) is 0 Å². The van der Waals surface area contributed by atoms with Crippen molar-refractivity contribution in [1.29, 1.82) is 0 Å². The third kappa shape index (κ3) is 3.05. The summed E-state index contributed by atoms with van der Waals surface area (Å²) in [4.78, 5) is 3.96. The number of rotatable bonds is 4. The fraction of sp³-hybridized carbons (Fsp3) is 0.312. The highest BCUT2D eigenvalue weighted by Gasteiger charge is 2.21. The fourth-order valence-corrected chi connectivity index (χ4v) is 2.69. The van der Waals surface area contributed by atoms with Gasteiger partial charge in [-0.25, -0.2) is 4.98 Å². The van der Waals surface area contributed by atoms with Gasteiger partial charge in [-0.05, 0) is 31.2 Å². The molecule has 1 atom stereocenters. The molecule has 3 rings (SSSR count). The zero-order valence-corrected chi connectivity index (χ0v) is 12.8. The number of benzene rings is 1. The van der Waals surface area contributed by atoms with E-state index in [0.29, 0.717) is 11.7 Å². The maximum Gasteiger partial charge on any atom is 0.131 e. The van der Waals surface area contributed by atoms with Gasteiger partial charge in [-0.1, -0.05) is 11.6 Å². The van der Waals surface area contributed by atoms with Crippen LogP contribution in [-0.4, -0.2) is 18.2 Å². The van der Waals surface area contributed by atoms with Crippen LogP contribution in [0.4, 0.5) is 5.69 Å². The molecule has 1 N–H and O–H groups in total. The first kappa shape index (κ1) is 14.0. The molecule has 0 spiro atoms. The first-order valence-corrected chi connectivity index (χ1v) is 7.25. The molecule has 2 heterocycles. The summed E-state index contributed by atoms with van der Waals surface area (Å²) >= 11 is 5.88. The SMILES string of the molecule is COc1cc2c(cc1CNc1ccnc(Cl)c1)OC(C)C2.